The average molecular weight is 172 g/mol. The molecule has 0 saturated carbocycles. The second kappa shape index (κ2) is 4.87. The first-order valence-corrected chi connectivity index (χ1v) is 5.38. The van der Waals surface area contributed by atoms with Crippen LogP contribution in [-0.4, -0.2) is 11.0 Å². The molecule has 0 saturated heterocycles. The van der Waals surface area contributed by atoms with E-state index in [1.165, 1.54) is 12.2 Å². The Kier molecular flexibility index (Phi) is 4.91. The molecule has 0 bridgehead atoms. The van der Waals surface area contributed by atoms with E-state index < -0.39 is 0 Å². The molecule has 0 N–H and O–H groups in total. The zero-order chi connectivity index (χ0) is 8.91. The van der Waals surface area contributed by atoms with Gasteiger partial charge in [0.25, 0.3) is 0 Å². The van der Waals surface area contributed by atoms with Crippen LogP contribution in [0, 0.1) is 5.41 Å². The van der Waals surface area contributed by atoms with Crippen molar-refractivity contribution in [2.75, 3.05) is 5.75 Å². The second-order valence-corrected chi connectivity index (χ2v) is 4.86. The van der Waals surface area contributed by atoms with Crippen LogP contribution in [0.3, 0.4) is 0 Å². The molecule has 66 valence electrons. The van der Waals surface area contributed by atoms with Crippen molar-refractivity contribution in [3.63, 3.8) is 0 Å². The normalized spacial score (nSPS) is 14.5. The van der Waals surface area contributed by atoms with Crippen LogP contribution in [-0.2, 0) is 0 Å². The summed E-state index contributed by atoms with van der Waals surface area (Å²) >= 11 is 2.04. The third-order valence-electron chi connectivity index (χ3n) is 2.09. The molecule has 0 aliphatic heterocycles. The number of allylic oxidation sites excluding steroid dienone is 1. The summed E-state index contributed by atoms with van der Waals surface area (Å²) < 4.78 is 0. The fourth-order valence-corrected chi connectivity index (χ4v) is 2.36. The summed E-state index contributed by atoms with van der Waals surface area (Å²) in [6.45, 7) is 12.9. The van der Waals surface area contributed by atoms with Crippen molar-refractivity contribution in [3.05, 3.63) is 12.7 Å². The molecule has 11 heavy (non-hydrogen) atoms. The van der Waals surface area contributed by atoms with Gasteiger partial charge in [-0.3, -0.25) is 0 Å². The predicted octanol–water partition coefficient (Wildman–Crippen LogP) is 3.73. The first-order chi connectivity index (χ1) is 5.08. The Morgan fingerprint density at radius 1 is 1.45 bits per heavy atom. The molecule has 1 heteroatoms. The molecule has 0 aromatic heterocycles. The Bertz CT molecular complexity index is 116. The smallest absolute Gasteiger partial charge is 0.0130 e. The standard InChI is InChI=1S/C10H20S/c1-6-9(11-8-3)10(4,5)7-2/h7,9H,2,6,8H2,1,3-5H3. The van der Waals surface area contributed by atoms with Gasteiger partial charge in [0.1, 0.15) is 0 Å². The van der Waals surface area contributed by atoms with Crippen LogP contribution < -0.4 is 0 Å². The van der Waals surface area contributed by atoms with E-state index in [0.29, 0.717) is 0 Å². The maximum Gasteiger partial charge on any atom is 0.0130 e. The zero-order valence-corrected chi connectivity index (χ0v) is 9.00. The number of hydrogen-bond acceptors (Lipinski definition) is 1. The summed E-state index contributed by atoms with van der Waals surface area (Å²) in [6, 6.07) is 0. The molecule has 0 nitrogen and oxygen atoms in total. The molecule has 0 aliphatic rings. The maximum atomic E-state index is 3.87. The molecule has 0 rings (SSSR count). The van der Waals surface area contributed by atoms with E-state index in [-0.39, 0.29) is 5.41 Å². The van der Waals surface area contributed by atoms with Gasteiger partial charge in [0.2, 0.25) is 0 Å². The Morgan fingerprint density at radius 2 is 2.00 bits per heavy atom. The lowest BCUT2D eigenvalue weighted by Crippen LogP contribution is -2.23. The van der Waals surface area contributed by atoms with E-state index in [0.717, 1.165) is 5.25 Å². The third kappa shape index (κ3) is 3.33. The molecule has 1 atom stereocenters. The highest BCUT2D eigenvalue weighted by molar-refractivity contribution is 7.99. The monoisotopic (exact) mass is 172 g/mol. The molecular weight excluding hydrogens is 152 g/mol. The van der Waals surface area contributed by atoms with Crippen LogP contribution in [0.1, 0.15) is 34.1 Å². The largest absolute Gasteiger partial charge is 0.158 e. The van der Waals surface area contributed by atoms with Gasteiger partial charge in [-0.2, -0.15) is 11.8 Å². The van der Waals surface area contributed by atoms with Crippen LogP contribution >= 0.6 is 11.8 Å². The molecule has 0 amide bonds. The molecule has 0 heterocycles. The van der Waals surface area contributed by atoms with E-state index in [1.54, 1.807) is 0 Å². The Balaban J connectivity index is 4.10. The van der Waals surface area contributed by atoms with Gasteiger partial charge >= 0.3 is 0 Å². The minimum absolute atomic E-state index is 0.287. The van der Waals surface area contributed by atoms with Gasteiger partial charge in [-0.15, -0.1) is 6.58 Å². The molecule has 0 spiro atoms. The van der Waals surface area contributed by atoms with Crippen LogP contribution in [0.4, 0.5) is 0 Å². The van der Waals surface area contributed by atoms with Crippen molar-refractivity contribution < 1.29 is 0 Å². The molecule has 1 unspecified atom stereocenters. The highest BCUT2D eigenvalue weighted by Gasteiger charge is 2.24. The van der Waals surface area contributed by atoms with Gasteiger partial charge in [-0.05, 0) is 17.6 Å². The fraction of sp³-hybridized carbons (Fsp3) is 0.800. The first kappa shape index (κ1) is 11.1. The third-order valence-corrected chi connectivity index (χ3v) is 3.77. The SMILES string of the molecule is C=CC(C)(C)C(CC)SCC. The molecule has 0 fully saturated rings. The van der Waals surface area contributed by atoms with Gasteiger partial charge in [0.15, 0.2) is 0 Å². The summed E-state index contributed by atoms with van der Waals surface area (Å²) in [5, 5.41) is 0.727. The number of rotatable bonds is 5. The Morgan fingerprint density at radius 3 is 2.27 bits per heavy atom. The number of thioether (sulfide) groups is 1. The van der Waals surface area contributed by atoms with Crippen LogP contribution in [0.15, 0.2) is 12.7 Å². The summed E-state index contributed by atoms with van der Waals surface area (Å²) in [5.41, 5.74) is 0.287. The Labute approximate surface area is 75.5 Å². The average Bonchev–Trinajstić information content (AvgIpc) is 2.00. The van der Waals surface area contributed by atoms with Crippen LogP contribution in [0.2, 0.25) is 0 Å². The topological polar surface area (TPSA) is 0 Å². The Hall–Kier alpha value is 0.0900. The number of hydrogen-bond donors (Lipinski definition) is 0. The quantitative estimate of drug-likeness (QED) is 0.569. The highest BCUT2D eigenvalue weighted by atomic mass is 32.2. The molecule has 0 aromatic rings. The van der Waals surface area contributed by atoms with Crippen molar-refractivity contribution in [3.8, 4) is 0 Å². The first-order valence-electron chi connectivity index (χ1n) is 4.33. The summed E-state index contributed by atoms with van der Waals surface area (Å²) in [5.74, 6) is 1.20. The highest BCUT2D eigenvalue weighted by Crippen LogP contribution is 2.33. The summed E-state index contributed by atoms with van der Waals surface area (Å²) in [7, 11) is 0. The van der Waals surface area contributed by atoms with Gasteiger partial charge in [0.05, 0.1) is 0 Å². The van der Waals surface area contributed by atoms with E-state index in [2.05, 4.69) is 40.3 Å². The minimum Gasteiger partial charge on any atom is -0.158 e. The van der Waals surface area contributed by atoms with Crippen molar-refractivity contribution >= 4 is 11.8 Å². The lowest BCUT2D eigenvalue weighted by atomic mass is 9.88. The van der Waals surface area contributed by atoms with Crippen molar-refractivity contribution in [1.29, 1.82) is 0 Å². The summed E-state index contributed by atoms with van der Waals surface area (Å²) in [6.07, 6.45) is 3.31. The van der Waals surface area contributed by atoms with Gasteiger partial charge in [-0.25, -0.2) is 0 Å². The summed E-state index contributed by atoms with van der Waals surface area (Å²) in [4.78, 5) is 0. The van der Waals surface area contributed by atoms with Crippen molar-refractivity contribution in [2.45, 2.75) is 39.4 Å². The van der Waals surface area contributed by atoms with E-state index in [4.69, 9.17) is 0 Å². The lowest BCUT2D eigenvalue weighted by molar-refractivity contribution is 0.448. The zero-order valence-electron chi connectivity index (χ0n) is 8.18. The minimum atomic E-state index is 0.287. The maximum absolute atomic E-state index is 3.87. The molecule has 0 aromatic carbocycles. The van der Waals surface area contributed by atoms with E-state index in [9.17, 15) is 0 Å². The predicted molar refractivity (Wildman–Crippen MR) is 56.2 cm³/mol. The van der Waals surface area contributed by atoms with E-state index >= 15 is 0 Å². The van der Waals surface area contributed by atoms with Gasteiger partial charge < -0.3 is 0 Å². The van der Waals surface area contributed by atoms with E-state index in [1.807, 2.05) is 11.8 Å². The van der Waals surface area contributed by atoms with Gasteiger partial charge in [0, 0.05) is 5.25 Å². The fourth-order valence-electron chi connectivity index (χ4n) is 1.19. The van der Waals surface area contributed by atoms with Crippen molar-refractivity contribution in [1.82, 2.24) is 0 Å². The van der Waals surface area contributed by atoms with Crippen molar-refractivity contribution in [2.24, 2.45) is 5.41 Å². The molecule has 0 aliphatic carbocycles. The van der Waals surface area contributed by atoms with Crippen LogP contribution in [0.25, 0.3) is 0 Å². The molecule has 0 radical (unpaired) electrons. The molecular formula is C10H20S. The second-order valence-electron chi connectivity index (χ2n) is 3.38. The van der Waals surface area contributed by atoms with Crippen LogP contribution in [0.5, 0.6) is 0 Å². The lowest BCUT2D eigenvalue weighted by Gasteiger charge is -2.29. The van der Waals surface area contributed by atoms with Gasteiger partial charge in [-0.1, -0.05) is 33.8 Å².